The Bertz CT molecular complexity index is 1060. The minimum atomic E-state index is -0.321. The molecule has 1 amide bonds. The lowest BCUT2D eigenvalue weighted by molar-refractivity contribution is -0.123. The molecule has 3 aromatic rings. The standard InChI is InChI=1S/C26H27ClN2O3/c1-18(2)22-9-4-19(3)25(14-22)32-17-26(30)29-28-15-20-7-12-24(13-8-20)31-16-21-5-10-23(27)11-6-21/h4-15,18H,16-17H2,1-3H3,(H,29,30). The Morgan fingerprint density at radius 3 is 2.44 bits per heavy atom. The first-order valence-corrected chi connectivity index (χ1v) is 10.8. The Morgan fingerprint density at radius 1 is 1.03 bits per heavy atom. The highest BCUT2D eigenvalue weighted by atomic mass is 35.5. The molecule has 0 fully saturated rings. The van der Waals surface area contributed by atoms with Crippen LogP contribution in [0.2, 0.25) is 5.02 Å². The van der Waals surface area contributed by atoms with Crippen LogP contribution >= 0.6 is 11.6 Å². The van der Waals surface area contributed by atoms with Crippen LogP contribution in [0.4, 0.5) is 0 Å². The van der Waals surface area contributed by atoms with Crippen LogP contribution in [0.25, 0.3) is 0 Å². The summed E-state index contributed by atoms with van der Waals surface area (Å²) in [5.74, 6) is 1.53. The van der Waals surface area contributed by atoms with Crippen LogP contribution in [0.3, 0.4) is 0 Å². The van der Waals surface area contributed by atoms with E-state index in [4.69, 9.17) is 21.1 Å². The molecule has 0 unspecified atom stereocenters. The maximum absolute atomic E-state index is 12.1. The Labute approximate surface area is 194 Å². The zero-order valence-electron chi connectivity index (χ0n) is 18.5. The molecular formula is C26H27ClN2O3. The molecule has 0 spiro atoms. The zero-order valence-corrected chi connectivity index (χ0v) is 19.2. The molecule has 3 aromatic carbocycles. The van der Waals surface area contributed by atoms with E-state index < -0.39 is 0 Å². The maximum atomic E-state index is 12.1. The summed E-state index contributed by atoms with van der Waals surface area (Å²) in [6.07, 6.45) is 1.57. The first-order valence-electron chi connectivity index (χ1n) is 10.4. The number of hydrogen-bond donors (Lipinski definition) is 1. The van der Waals surface area contributed by atoms with Crippen molar-refractivity contribution in [1.82, 2.24) is 5.43 Å². The number of nitrogens with one attached hydrogen (secondary N) is 1. The Hall–Kier alpha value is -3.31. The number of ether oxygens (including phenoxy) is 2. The van der Waals surface area contributed by atoms with Gasteiger partial charge in [0.05, 0.1) is 6.21 Å². The van der Waals surface area contributed by atoms with Gasteiger partial charge in [-0.3, -0.25) is 4.79 Å². The number of hydrogen-bond acceptors (Lipinski definition) is 4. The van der Waals surface area contributed by atoms with Gasteiger partial charge >= 0.3 is 0 Å². The van der Waals surface area contributed by atoms with Crippen molar-refractivity contribution in [3.63, 3.8) is 0 Å². The van der Waals surface area contributed by atoms with Crippen molar-refractivity contribution in [3.05, 3.63) is 94.0 Å². The van der Waals surface area contributed by atoms with Gasteiger partial charge in [0.15, 0.2) is 6.61 Å². The van der Waals surface area contributed by atoms with E-state index >= 15 is 0 Å². The molecule has 32 heavy (non-hydrogen) atoms. The Kier molecular flexibility index (Phi) is 8.28. The molecule has 0 aliphatic heterocycles. The van der Waals surface area contributed by atoms with Gasteiger partial charge in [0.1, 0.15) is 18.1 Å². The molecule has 0 saturated carbocycles. The first-order chi connectivity index (χ1) is 15.4. The molecule has 1 N–H and O–H groups in total. The van der Waals surface area contributed by atoms with E-state index in [1.54, 1.807) is 6.21 Å². The fraction of sp³-hybridized carbons (Fsp3) is 0.231. The number of hydrazone groups is 1. The van der Waals surface area contributed by atoms with Gasteiger partial charge in [-0.25, -0.2) is 5.43 Å². The van der Waals surface area contributed by atoms with Crippen LogP contribution < -0.4 is 14.9 Å². The Balaban J connectivity index is 1.44. The number of carbonyl (C=O) groups excluding carboxylic acids is 1. The molecule has 166 valence electrons. The number of amides is 1. The molecule has 0 aliphatic carbocycles. The molecule has 5 nitrogen and oxygen atoms in total. The number of nitrogens with zero attached hydrogens (tertiary/aromatic N) is 1. The maximum Gasteiger partial charge on any atom is 0.277 e. The average molecular weight is 451 g/mol. The molecule has 0 saturated heterocycles. The second-order valence-corrected chi connectivity index (χ2v) is 8.18. The van der Waals surface area contributed by atoms with Crippen molar-refractivity contribution >= 4 is 23.7 Å². The summed E-state index contributed by atoms with van der Waals surface area (Å²) in [6, 6.07) is 21.0. The summed E-state index contributed by atoms with van der Waals surface area (Å²) in [6.45, 7) is 6.55. The highest BCUT2D eigenvalue weighted by molar-refractivity contribution is 6.30. The van der Waals surface area contributed by atoms with E-state index in [-0.39, 0.29) is 12.5 Å². The second kappa shape index (κ2) is 11.3. The van der Waals surface area contributed by atoms with E-state index in [9.17, 15) is 4.79 Å². The number of benzene rings is 3. The van der Waals surface area contributed by atoms with Crippen LogP contribution in [-0.4, -0.2) is 18.7 Å². The molecule has 0 aromatic heterocycles. The fourth-order valence-corrected chi connectivity index (χ4v) is 3.01. The lowest BCUT2D eigenvalue weighted by Crippen LogP contribution is -2.24. The summed E-state index contributed by atoms with van der Waals surface area (Å²) in [5, 5.41) is 4.70. The third-order valence-corrected chi connectivity index (χ3v) is 5.09. The summed E-state index contributed by atoms with van der Waals surface area (Å²) < 4.78 is 11.4. The van der Waals surface area contributed by atoms with Crippen LogP contribution in [0, 0.1) is 6.92 Å². The van der Waals surface area contributed by atoms with E-state index in [0.29, 0.717) is 23.3 Å². The molecule has 0 heterocycles. The monoisotopic (exact) mass is 450 g/mol. The van der Waals surface area contributed by atoms with Gasteiger partial charge < -0.3 is 9.47 Å². The molecule has 0 bridgehead atoms. The van der Waals surface area contributed by atoms with Crippen molar-refractivity contribution in [2.75, 3.05) is 6.61 Å². The van der Waals surface area contributed by atoms with Crippen molar-refractivity contribution < 1.29 is 14.3 Å². The Morgan fingerprint density at radius 2 is 1.75 bits per heavy atom. The summed E-state index contributed by atoms with van der Waals surface area (Å²) in [7, 11) is 0. The van der Waals surface area contributed by atoms with Crippen LogP contribution in [0.5, 0.6) is 11.5 Å². The van der Waals surface area contributed by atoms with Crippen LogP contribution in [0.15, 0.2) is 71.8 Å². The highest BCUT2D eigenvalue weighted by Gasteiger charge is 2.07. The highest BCUT2D eigenvalue weighted by Crippen LogP contribution is 2.24. The number of halogens is 1. The first kappa shape index (κ1) is 23.4. The lowest BCUT2D eigenvalue weighted by Gasteiger charge is -2.12. The van der Waals surface area contributed by atoms with Gasteiger partial charge in [-0.2, -0.15) is 5.10 Å². The zero-order chi connectivity index (χ0) is 22.9. The molecule has 3 rings (SSSR count). The molecule has 6 heteroatoms. The van der Waals surface area contributed by atoms with Gasteiger partial charge in [0, 0.05) is 5.02 Å². The third-order valence-electron chi connectivity index (χ3n) is 4.84. The predicted octanol–water partition coefficient (Wildman–Crippen LogP) is 5.88. The topological polar surface area (TPSA) is 59.9 Å². The molecule has 0 atom stereocenters. The van der Waals surface area contributed by atoms with E-state index in [2.05, 4.69) is 30.4 Å². The number of aryl methyl sites for hydroxylation is 1. The largest absolute Gasteiger partial charge is 0.489 e. The van der Waals surface area contributed by atoms with Crippen LogP contribution in [-0.2, 0) is 11.4 Å². The quantitative estimate of drug-likeness (QED) is 0.327. The molecule has 0 aliphatic rings. The van der Waals surface area contributed by atoms with Crippen molar-refractivity contribution in [1.29, 1.82) is 0 Å². The smallest absolute Gasteiger partial charge is 0.277 e. The SMILES string of the molecule is Cc1ccc(C(C)C)cc1OCC(=O)NN=Cc1ccc(OCc2ccc(Cl)cc2)cc1. The number of carbonyl (C=O) groups is 1. The van der Waals surface area contributed by atoms with Gasteiger partial charge in [-0.1, -0.05) is 49.7 Å². The van der Waals surface area contributed by atoms with E-state index in [1.165, 1.54) is 5.56 Å². The molecule has 0 radical (unpaired) electrons. The van der Waals surface area contributed by atoms with Gasteiger partial charge in [0.25, 0.3) is 5.91 Å². The third kappa shape index (κ3) is 7.13. The number of rotatable bonds is 9. The van der Waals surface area contributed by atoms with Gasteiger partial charge in [0.2, 0.25) is 0 Å². The minimum absolute atomic E-state index is 0.1000. The van der Waals surface area contributed by atoms with Crippen molar-refractivity contribution in [3.8, 4) is 11.5 Å². The fourth-order valence-electron chi connectivity index (χ4n) is 2.88. The average Bonchev–Trinajstić information content (AvgIpc) is 2.79. The van der Waals surface area contributed by atoms with E-state index in [0.717, 1.165) is 22.4 Å². The van der Waals surface area contributed by atoms with Crippen LogP contribution in [0.1, 0.15) is 42.0 Å². The predicted molar refractivity (Wildman–Crippen MR) is 129 cm³/mol. The lowest BCUT2D eigenvalue weighted by atomic mass is 10.0. The normalized spacial score (nSPS) is 11.0. The van der Waals surface area contributed by atoms with Crippen molar-refractivity contribution in [2.45, 2.75) is 33.3 Å². The van der Waals surface area contributed by atoms with Crippen molar-refractivity contribution in [2.24, 2.45) is 5.10 Å². The van der Waals surface area contributed by atoms with Gasteiger partial charge in [-0.15, -0.1) is 0 Å². The molecular weight excluding hydrogens is 424 g/mol. The summed E-state index contributed by atoms with van der Waals surface area (Å²) >= 11 is 5.89. The minimum Gasteiger partial charge on any atom is -0.489 e. The summed E-state index contributed by atoms with van der Waals surface area (Å²) in [4.78, 5) is 12.1. The second-order valence-electron chi connectivity index (χ2n) is 7.75. The van der Waals surface area contributed by atoms with Gasteiger partial charge in [-0.05, 0) is 77.6 Å². The summed E-state index contributed by atoms with van der Waals surface area (Å²) in [5.41, 5.74) is 6.52. The van der Waals surface area contributed by atoms with E-state index in [1.807, 2.05) is 67.6 Å².